The number of rotatable bonds is 8. The maximum atomic E-state index is 14.0. The molecule has 2 aliphatic rings. The average Bonchev–Trinajstić information content (AvgIpc) is 3.63. The normalized spacial score (nSPS) is 17.0. The number of morpholine rings is 1. The number of hydrogen-bond donors (Lipinski definition) is 1. The number of nitrogens with one attached hydrogen (secondary N) is 1. The van der Waals surface area contributed by atoms with Gasteiger partial charge in [0.1, 0.15) is 0 Å². The molecule has 0 radical (unpaired) electrons. The highest BCUT2D eigenvalue weighted by molar-refractivity contribution is 7.99. The predicted molar refractivity (Wildman–Crippen MR) is 138 cm³/mol. The van der Waals surface area contributed by atoms with E-state index in [4.69, 9.17) is 4.74 Å². The molecule has 1 aromatic heterocycles. The Kier molecular flexibility index (Phi) is 8.26. The van der Waals surface area contributed by atoms with Crippen LogP contribution >= 0.6 is 11.8 Å². The van der Waals surface area contributed by atoms with Gasteiger partial charge in [0.25, 0.3) is 0 Å². The van der Waals surface area contributed by atoms with Gasteiger partial charge in [0.05, 0.1) is 29.5 Å². The van der Waals surface area contributed by atoms with Crippen LogP contribution in [0.3, 0.4) is 0 Å². The molecule has 5 rings (SSSR count). The molecule has 2 aromatic carbocycles. The summed E-state index contributed by atoms with van der Waals surface area (Å²) in [5.41, 5.74) is 0.111. The molecular weight excluding hydrogens is 555 g/mol. The predicted octanol–water partition coefficient (Wildman–Crippen LogP) is 4.23. The Morgan fingerprint density at radius 3 is 2.54 bits per heavy atom. The molecule has 0 spiro atoms. The van der Waals surface area contributed by atoms with Gasteiger partial charge in [-0.25, -0.2) is 21.6 Å². The van der Waals surface area contributed by atoms with Crippen molar-refractivity contribution in [1.29, 1.82) is 0 Å². The van der Waals surface area contributed by atoms with Crippen molar-refractivity contribution in [3.63, 3.8) is 0 Å². The Bertz CT molecular complexity index is 1470. The van der Waals surface area contributed by atoms with Gasteiger partial charge in [-0.1, -0.05) is 36.7 Å². The third-order valence-electron chi connectivity index (χ3n) is 6.70. The SMILES string of the molecule is O=C(CSc1nnc(-c2cccc(S(=O)(=O)N3CCOCC3)c2)n1C1CCCC1)Nc1ccc(F)c(F)c1F. The third kappa shape index (κ3) is 5.83. The van der Waals surface area contributed by atoms with Crippen molar-refractivity contribution in [2.75, 3.05) is 37.4 Å². The van der Waals surface area contributed by atoms with Gasteiger partial charge >= 0.3 is 0 Å². The highest BCUT2D eigenvalue weighted by Gasteiger charge is 2.29. The summed E-state index contributed by atoms with van der Waals surface area (Å²) in [5.74, 6) is -4.82. The van der Waals surface area contributed by atoms with E-state index >= 15 is 0 Å². The van der Waals surface area contributed by atoms with E-state index in [1.165, 1.54) is 4.31 Å². The van der Waals surface area contributed by atoms with E-state index in [0.29, 0.717) is 29.8 Å². The molecule has 1 amide bonds. The summed E-state index contributed by atoms with van der Waals surface area (Å²) >= 11 is 1.07. The molecule has 1 saturated heterocycles. The van der Waals surface area contributed by atoms with Gasteiger partial charge in [-0.15, -0.1) is 10.2 Å². The summed E-state index contributed by atoms with van der Waals surface area (Å²) in [5, 5.41) is 11.3. The van der Waals surface area contributed by atoms with Crippen LogP contribution in [-0.4, -0.2) is 65.5 Å². The van der Waals surface area contributed by atoms with E-state index in [9.17, 15) is 26.4 Å². The van der Waals surface area contributed by atoms with Gasteiger partial charge in [-0.3, -0.25) is 9.36 Å². The van der Waals surface area contributed by atoms with Crippen molar-refractivity contribution < 1.29 is 31.1 Å². The molecule has 1 N–H and O–H groups in total. The number of carbonyl (C=O) groups excluding carboxylic acids is 1. The van der Waals surface area contributed by atoms with E-state index in [2.05, 4.69) is 15.5 Å². The van der Waals surface area contributed by atoms with Crippen molar-refractivity contribution in [3.8, 4) is 11.4 Å². The third-order valence-corrected chi connectivity index (χ3v) is 9.53. The zero-order valence-electron chi connectivity index (χ0n) is 20.8. The minimum Gasteiger partial charge on any atom is -0.379 e. The number of sulfonamides is 1. The molecule has 39 heavy (non-hydrogen) atoms. The minimum atomic E-state index is -3.72. The second-order valence-electron chi connectivity index (χ2n) is 9.22. The molecule has 2 heterocycles. The summed E-state index contributed by atoms with van der Waals surface area (Å²) in [6, 6.07) is 8.29. The first-order valence-electron chi connectivity index (χ1n) is 12.4. The number of halogens is 3. The Morgan fingerprint density at radius 1 is 1.05 bits per heavy atom. The smallest absolute Gasteiger partial charge is 0.243 e. The van der Waals surface area contributed by atoms with Crippen LogP contribution in [0, 0.1) is 17.5 Å². The Balaban J connectivity index is 1.38. The number of anilines is 1. The molecular formula is C25H26F3N5O4S2. The first kappa shape index (κ1) is 27.6. The molecule has 0 bridgehead atoms. The van der Waals surface area contributed by atoms with E-state index in [0.717, 1.165) is 49.6 Å². The van der Waals surface area contributed by atoms with Gasteiger partial charge in [0.15, 0.2) is 28.4 Å². The monoisotopic (exact) mass is 581 g/mol. The van der Waals surface area contributed by atoms with Gasteiger partial charge < -0.3 is 10.1 Å². The summed E-state index contributed by atoms with van der Waals surface area (Å²) in [6.45, 7) is 1.24. The van der Waals surface area contributed by atoms with Crippen LogP contribution in [0.2, 0.25) is 0 Å². The molecule has 0 atom stereocenters. The molecule has 1 saturated carbocycles. The second kappa shape index (κ2) is 11.7. The van der Waals surface area contributed by atoms with Crippen LogP contribution < -0.4 is 5.32 Å². The molecule has 3 aromatic rings. The van der Waals surface area contributed by atoms with E-state index < -0.39 is 39.1 Å². The van der Waals surface area contributed by atoms with Crippen LogP contribution in [0.25, 0.3) is 11.4 Å². The highest BCUT2D eigenvalue weighted by atomic mass is 32.2. The number of ether oxygens (including phenoxy) is 1. The van der Waals surface area contributed by atoms with Crippen LogP contribution in [0.5, 0.6) is 0 Å². The molecule has 2 fully saturated rings. The fourth-order valence-electron chi connectivity index (χ4n) is 4.73. The van der Waals surface area contributed by atoms with Crippen molar-refractivity contribution in [2.24, 2.45) is 0 Å². The number of amides is 1. The topological polar surface area (TPSA) is 106 Å². The van der Waals surface area contributed by atoms with Crippen molar-refractivity contribution in [2.45, 2.75) is 41.8 Å². The van der Waals surface area contributed by atoms with Gasteiger partial charge in [-0.2, -0.15) is 4.31 Å². The average molecular weight is 582 g/mol. The quantitative estimate of drug-likeness (QED) is 0.314. The van der Waals surface area contributed by atoms with E-state index in [-0.39, 0.29) is 29.8 Å². The standard InChI is InChI=1S/C25H26F3N5O4S2/c26-19-8-9-20(23(28)22(19)27)29-21(34)15-38-25-31-30-24(33(25)17-5-1-2-6-17)16-4-3-7-18(14-16)39(35,36)32-10-12-37-13-11-32/h3-4,7-9,14,17H,1-2,5-6,10-13,15H2,(H,29,34). The lowest BCUT2D eigenvalue weighted by Crippen LogP contribution is -2.40. The fraction of sp³-hybridized carbons (Fsp3) is 0.400. The lowest BCUT2D eigenvalue weighted by atomic mass is 10.2. The fourth-order valence-corrected chi connectivity index (χ4v) is 6.99. The number of hydrogen-bond acceptors (Lipinski definition) is 7. The second-order valence-corrected chi connectivity index (χ2v) is 12.1. The van der Waals surface area contributed by atoms with Crippen LogP contribution in [0.1, 0.15) is 31.7 Å². The first-order valence-corrected chi connectivity index (χ1v) is 14.9. The summed E-state index contributed by atoms with van der Waals surface area (Å²) in [7, 11) is -3.72. The van der Waals surface area contributed by atoms with Crippen molar-refractivity contribution in [3.05, 3.63) is 53.8 Å². The van der Waals surface area contributed by atoms with Gasteiger partial charge in [0, 0.05) is 24.7 Å². The lowest BCUT2D eigenvalue weighted by molar-refractivity contribution is -0.113. The number of nitrogens with zero attached hydrogens (tertiary/aromatic N) is 4. The zero-order chi connectivity index (χ0) is 27.6. The first-order chi connectivity index (χ1) is 18.8. The summed E-state index contributed by atoms with van der Waals surface area (Å²) in [6.07, 6.45) is 3.76. The maximum Gasteiger partial charge on any atom is 0.243 e. The number of carbonyl (C=O) groups is 1. The van der Waals surface area contributed by atoms with E-state index in [1.54, 1.807) is 24.3 Å². The number of thioether (sulfide) groups is 1. The Morgan fingerprint density at radius 2 is 1.79 bits per heavy atom. The minimum absolute atomic E-state index is 0.0590. The lowest BCUT2D eigenvalue weighted by Gasteiger charge is -2.26. The van der Waals surface area contributed by atoms with Crippen molar-refractivity contribution in [1.82, 2.24) is 19.1 Å². The molecule has 0 unspecified atom stereocenters. The van der Waals surface area contributed by atoms with Crippen LogP contribution in [0.15, 0.2) is 46.5 Å². The van der Waals surface area contributed by atoms with E-state index in [1.807, 2.05) is 4.57 Å². The molecule has 14 heteroatoms. The molecule has 1 aliphatic carbocycles. The van der Waals surface area contributed by atoms with Gasteiger partial charge in [-0.05, 0) is 37.1 Å². The number of aromatic nitrogens is 3. The summed E-state index contributed by atoms with van der Waals surface area (Å²) < 4.78 is 75.7. The van der Waals surface area contributed by atoms with Crippen molar-refractivity contribution >= 4 is 33.4 Å². The largest absolute Gasteiger partial charge is 0.379 e. The highest BCUT2D eigenvalue weighted by Crippen LogP contribution is 2.37. The zero-order valence-corrected chi connectivity index (χ0v) is 22.4. The summed E-state index contributed by atoms with van der Waals surface area (Å²) in [4.78, 5) is 12.6. The van der Waals surface area contributed by atoms with Crippen LogP contribution in [-0.2, 0) is 19.6 Å². The Labute approximate surface area is 227 Å². The maximum absolute atomic E-state index is 14.0. The molecule has 9 nitrogen and oxygen atoms in total. The van der Waals surface area contributed by atoms with Crippen LogP contribution in [0.4, 0.5) is 18.9 Å². The molecule has 1 aliphatic heterocycles. The van der Waals surface area contributed by atoms with Gasteiger partial charge in [0.2, 0.25) is 15.9 Å². The number of benzene rings is 2. The Hall–Kier alpha value is -2.94. The molecule has 208 valence electrons.